The van der Waals surface area contributed by atoms with E-state index in [1.807, 2.05) is 25.1 Å². The summed E-state index contributed by atoms with van der Waals surface area (Å²) in [6.45, 7) is 3.40. The van der Waals surface area contributed by atoms with Gasteiger partial charge in [0.15, 0.2) is 0 Å². The summed E-state index contributed by atoms with van der Waals surface area (Å²) in [7, 11) is 0. The first kappa shape index (κ1) is 18.6. The molecule has 0 N–H and O–H groups in total. The van der Waals surface area contributed by atoms with Gasteiger partial charge in [0.05, 0.1) is 0 Å². The lowest BCUT2D eigenvalue weighted by molar-refractivity contribution is -0.118. The van der Waals surface area contributed by atoms with Crippen LogP contribution in [-0.2, 0) is 9.59 Å². The highest BCUT2D eigenvalue weighted by Crippen LogP contribution is 2.24. The van der Waals surface area contributed by atoms with E-state index in [1.165, 1.54) is 13.0 Å². The topological polar surface area (TPSA) is 40.6 Å². The molecule has 25 heavy (non-hydrogen) atoms. The number of carbonyl (C=O) groups is 2. The summed E-state index contributed by atoms with van der Waals surface area (Å²) in [5, 5.41) is 0. The summed E-state index contributed by atoms with van der Waals surface area (Å²) >= 11 is 0. The third-order valence-corrected chi connectivity index (χ3v) is 3.82. The van der Waals surface area contributed by atoms with Crippen LogP contribution in [0.1, 0.15) is 20.3 Å². The number of nitrogens with zero attached hydrogens (tertiary/aromatic N) is 2. The molecular formula is C19H20F2N2O2. The Labute approximate surface area is 145 Å². The molecule has 4 nitrogen and oxygen atoms in total. The molecule has 0 aliphatic carbocycles. The van der Waals surface area contributed by atoms with E-state index in [1.54, 1.807) is 17.0 Å². The van der Waals surface area contributed by atoms with Crippen LogP contribution in [0.2, 0.25) is 0 Å². The molecule has 0 fully saturated rings. The van der Waals surface area contributed by atoms with Crippen molar-refractivity contribution in [2.45, 2.75) is 20.3 Å². The summed E-state index contributed by atoms with van der Waals surface area (Å²) in [5.74, 6) is -2.42. The van der Waals surface area contributed by atoms with Crippen LogP contribution in [0.4, 0.5) is 20.2 Å². The number of hydrogen-bond donors (Lipinski definition) is 0. The second-order valence-electron chi connectivity index (χ2n) is 5.46. The lowest BCUT2D eigenvalue weighted by Crippen LogP contribution is -2.37. The summed E-state index contributed by atoms with van der Waals surface area (Å²) in [6.07, 6.45) is -0.0455. The third kappa shape index (κ3) is 4.41. The van der Waals surface area contributed by atoms with E-state index in [0.717, 1.165) is 22.7 Å². The smallest absolute Gasteiger partial charge is 0.228 e. The number of carbonyl (C=O) groups excluding carboxylic acids is 2. The predicted octanol–water partition coefficient (Wildman–Crippen LogP) is 3.76. The maximum atomic E-state index is 13.9. The monoisotopic (exact) mass is 346 g/mol. The first-order valence-corrected chi connectivity index (χ1v) is 8.03. The summed E-state index contributed by atoms with van der Waals surface area (Å²) in [6, 6.07) is 12.5. The molecule has 0 bridgehead atoms. The number of anilines is 2. The van der Waals surface area contributed by atoms with Crippen molar-refractivity contribution in [3.8, 4) is 0 Å². The Hall–Kier alpha value is -2.76. The minimum atomic E-state index is -0.835. The van der Waals surface area contributed by atoms with Crippen molar-refractivity contribution < 1.29 is 18.4 Å². The fourth-order valence-electron chi connectivity index (χ4n) is 2.63. The number of hydrogen-bond acceptors (Lipinski definition) is 2. The van der Waals surface area contributed by atoms with Crippen molar-refractivity contribution in [2.75, 3.05) is 22.9 Å². The molecule has 0 heterocycles. The van der Waals surface area contributed by atoms with Gasteiger partial charge in [0.2, 0.25) is 11.8 Å². The molecule has 0 unspecified atom stereocenters. The molecule has 2 aromatic carbocycles. The van der Waals surface area contributed by atoms with Gasteiger partial charge in [-0.1, -0.05) is 24.3 Å². The Morgan fingerprint density at radius 2 is 1.52 bits per heavy atom. The van der Waals surface area contributed by atoms with E-state index in [2.05, 4.69) is 0 Å². The number of amides is 2. The van der Waals surface area contributed by atoms with Gasteiger partial charge in [0.1, 0.15) is 17.3 Å². The average molecular weight is 346 g/mol. The Balaban J connectivity index is 2.16. The van der Waals surface area contributed by atoms with E-state index < -0.39 is 23.2 Å². The van der Waals surface area contributed by atoms with Crippen molar-refractivity contribution in [1.82, 2.24) is 0 Å². The summed E-state index contributed by atoms with van der Waals surface area (Å²) in [5.41, 5.74) is 0.312. The molecule has 0 aliphatic rings. The Kier molecular flexibility index (Phi) is 6.22. The number of rotatable bonds is 6. The van der Waals surface area contributed by atoms with Gasteiger partial charge in [-0.25, -0.2) is 8.78 Å². The van der Waals surface area contributed by atoms with Crippen molar-refractivity contribution in [3.63, 3.8) is 0 Å². The quantitative estimate of drug-likeness (QED) is 0.799. The minimum absolute atomic E-state index is 0.0455. The van der Waals surface area contributed by atoms with Crippen molar-refractivity contribution in [3.05, 3.63) is 60.2 Å². The van der Waals surface area contributed by atoms with Crippen LogP contribution in [-0.4, -0.2) is 24.9 Å². The molecule has 0 radical (unpaired) electrons. The molecule has 0 aliphatic heterocycles. The van der Waals surface area contributed by atoms with Gasteiger partial charge in [-0.15, -0.1) is 0 Å². The van der Waals surface area contributed by atoms with Crippen LogP contribution in [0.3, 0.4) is 0 Å². The Bertz CT molecular complexity index is 730. The van der Waals surface area contributed by atoms with Gasteiger partial charge in [-0.3, -0.25) is 9.59 Å². The highest BCUT2D eigenvalue weighted by molar-refractivity contribution is 5.96. The fourth-order valence-corrected chi connectivity index (χ4v) is 2.63. The predicted molar refractivity (Wildman–Crippen MR) is 93.5 cm³/mol. The van der Waals surface area contributed by atoms with Crippen molar-refractivity contribution in [2.24, 2.45) is 0 Å². The molecule has 2 rings (SSSR count). The van der Waals surface area contributed by atoms with Gasteiger partial charge in [0, 0.05) is 32.1 Å². The van der Waals surface area contributed by atoms with E-state index in [0.29, 0.717) is 6.54 Å². The Morgan fingerprint density at radius 1 is 0.920 bits per heavy atom. The van der Waals surface area contributed by atoms with E-state index in [-0.39, 0.29) is 18.9 Å². The molecule has 2 amide bonds. The molecule has 6 heteroatoms. The largest absolute Gasteiger partial charge is 0.313 e. The van der Waals surface area contributed by atoms with E-state index in [9.17, 15) is 18.4 Å². The molecule has 2 aromatic rings. The lowest BCUT2D eigenvalue weighted by atomic mass is 10.2. The number of halogens is 2. The zero-order valence-corrected chi connectivity index (χ0v) is 14.2. The molecule has 0 saturated carbocycles. The molecule has 0 saturated heterocycles. The van der Waals surface area contributed by atoms with Gasteiger partial charge in [-0.2, -0.15) is 0 Å². The van der Waals surface area contributed by atoms with Crippen LogP contribution >= 0.6 is 0 Å². The second kappa shape index (κ2) is 8.37. The van der Waals surface area contributed by atoms with Gasteiger partial charge >= 0.3 is 0 Å². The maximum Gasteiger partial charge on any atom is 0.228 e. The summed E-state index contributed by atoms with van der Waals surface area (Å²) < 4.78 is 27.9. The first-order chi connectivity index (χ1) is 12.0. The van der Waals surface area contributed by atoms with E-state index in [4.69, 9.17) is 0 Å². The van der Waals surface area contributed by atoms with Gasteiger partial charge < -0.3 is 9.80 Å². The van der Waals surface area contributed by atoms with Crippen molar-refractivity contribution in [1.29, 1.82) is 0 Å². The average Bonchev–Trinajstić information content (AvgIpc) is 2.58. The first-order valence-electron chi connectivity index (χ1n) is 8.03. The van der Waals surface area contributed by atoms with Crippen LogP contribution in [0.25, 0.3) is 0 Å². The zero-order valence-electron chi connectivity index (χ0n) is 14.2. The fraction of sp³-hybridized carbons (Fsp3) is 0.263. The van der Waals surface area contributed by atoms with E-state index >= 15 is 0 Å². The third-order valence-electron chi connectivity index (χ3n) is 3.82. The number of benzene rings is 2. The molecule has 132 valence electrons. The normalized spacial score (nSPS) is 10.4. The molecular weight excluding hydrogens is 326 g/mol. The van der Waals surface area contributed by atoms with Crippen LogP contribution < -0.4 is 9.80 Å². The SMILES string of the molecule is CCN(C(=O)CCN(C(C)=O)c1c(F)cccc1F)c1ccccc1. The van der Waals surface area contributed by atoms with Crippen LogP contribution in [0.5, 0.6) is 0 Å². The molecule has 0 atom stereocenters. The highest BCUT2D eigenvalue weighted by atomic mass is 19.1. The van der Waals surface area contributed by atoms with Crippen molar-refractivity contribution >= 4 is 23.2 Å². The minimum Gasteiger partial charge on any atom is -0.313 e. The number of para-hydroxylation sites is 2. The second-order valence-corrected chi connectivity index (χ2v) is 5.46. The Morgan fingerprint density at radius 3 is 2.04 bits per heavy atom. The molecule has 0 aromatic heterocycles. The van der Waals surface area contributed by atoms with Gasteiger partial charge in [0.25, 0.3) is 0 Å². The van der Waals surface area contributed by atoms with Gasteiger partial charge in [-0.05, 0) is 31.2 Å². The maximum absolute atomic E-state index is 13.9. The van der Waals surface area contributed by atoms with Crippen LogP contribution in [0.15, 0.2) is 48.5 Å². The molecule has 0 spiro atoms. The lowest BCUT2D eigenvalue weighted by Gasteiger charge is -2.25. The van der Waals surface area contributed by atoms with Crippen LogP contribution in [0, 0.1) is 11.6 Å². The standard InChI is InChI=1S/C19H20F2N2O2/c1-3-22(15-8-5-4-6-9-15)18(25)12-13-23(14(2)24)19-16(20)10-7-11-17(19)21/h4-11H,3,12-13H2,1-2H3. The zero-order chi connectivity index (χ0) is 18.4. The summed E-state index contributed by atoms with van der Waals surface area (Å²) in [4.78, 5) is 26.9. The highest BCUT2D eigenvalue weighted by Gasteiger charge is 2.22.